The fourth-order valence-electron chi connectivity index (χ4n) is 3.93. The predicted octanol–water partition coefficient (Wildman–Crippen LogP) is 4.94. The molecule has 0 aliphatic rings. The standard InChI is InChI=1S/C25H14F2N4O3S/c26-13-9-10-18(16(27)11-13)31-24(33)14-5-1-3-7-17(14)28-25(31)35-12-20-29-21-15-6-2-4-8-19(15)34-22(21)23(32)30-20/h1-11H,12H2,(H,29,30,32). The van der Waals surface area contributed by atoms with Gasteiger partial charge < -0.3 is 9.40 Å². The highest BCUT2D eigenvalue weighted by atomic mass is 32.2. The molecule has 0 bridgehead atoms. The number of hydrogen-bond acceptors (Lipinski definition) is 6. The highest BCUT2D eigenvalue weighted by Gasteiger charge is 2.18. The number of hydrogen-bond donors (Lipinski definition) is 1. The molecule has 3 aromatic carbocycles. The summed E-state index contributed by atoms with van der Waals surface area (Å²) in [5.41, 5.74) is 0.451. The molecule has 7 nitrogen and oxygen atoms in total. The van der Waals surface area contributed by atoms with Gasteiger partial charge in [-0.3, -0.25) is 14.2 Å². The normalized spacial score (nSPS) is 11.6. The Balaban J connectivity index is 1.48. The van der Waals surface area contributed by atoms with Crippen molar-refractivity contribution >= 4 is 44.7 Å². The maximum Gasteiger partial charge on any atom is 0.294 e. The fraction of sp³-hybridized carbons (Fsp3) is 0.0400. The van der Waals surface area contributed by atoms with Crippen molar-refractivity contribution in [2.45, 2.75) is 10.9 Å². The van der Waals surface area contributed by atoms with E-state index < -0.39 is 22.8 Å². The number of thioether (sulfide) groups is 1. The molecule has 3 aromatic heterocycles. The molecule has 0 aliphatic heterocycles. The Kier molecular flexibility index (Phi) is 4.96. The third-order valence-corrected chi connectivity index (χ3v) is 6.46. The van der Waals surface area contributed by atoms with Crippen LogP contribution in [0.3, 0.4) is 0 Å². The van der Waals surface area contributed by atoms with Crippen molar-refractivity contribution in [3.05, 3.63) is 105 Å². The van der Waals surface area contributed by atoms with E-state index in [1.807, 2.05) is 12.1 Å². The number of benzene rings is 3. The van der Waals surface area contributed by atoms with E-state index in [2.05, 4.69) is 15.0 Å². The lowest BCUT2D eigenvalue weighted by atomic mass is 10.2. The van der Waals surface area contributed by atoms with Crippen molar-refractivity contribution in [2.24, 2.45) is 0 Å². The van der Waals surface area contributed by atoms with Crippen LogP contribution in [0.4, 0.5) is 8.78 Å². The molecule has 3 heterocycles. The average Bonchev–Trinajstić information content (AvgIpc) is 3.23. The van der Waals surface area contributed by atoms with Crippen molar-refractivity contribution < 1.29 is 13.2 Å². The molecule has 0 unspecified atom stereocenters. The van der Waals surface area contributed by atoms with E-state index in [0.29, 0.717) is 39.3 Å². The summed E-state index contributed by atoms with van der Waals surface area (Å²) in [6.07, 6.45) is 0. The first-order valence-corrected chi connectivity index (χ1v) is 11.5. The molecular weight excluding hydrogens is 474 g/mol. The Morgan fingerprint density at radius 1 is 0.943 bits per heavy atom. The summed E-state index contributed by atoms with van der Waals surface area (Å²) < 4.78 is 35.0. The second-order valence-electron chi connectivity index (χ2n) is 7.73. The Morgan fingerprint density at radius 3 is 2.54 bits per heavy atom. The van der Waals surface area contributed by atoms with Crippen molar-refractivity contribution in [1.82, 2.24) is 19.5 Å². The Labute approximate surface area is 199 Å². The first kappa shape index (κ1) is 21.2. The number of rotatable bonds is 4. The molecule has 6 rings (SSSR count). The molecule has 0 spiro atoms. The highest BCUT2D eigenvalue weighted by molar-refractivity contribution is 7.98. The van der Waals surface area contributed by atoms with E-state index in [-0.39, 0.29) is 22.2 Å². The van der Waals surface area contributed by atoms with E-state index >= 15 is 0 Å². The first-order chi connectivity index (χ1) is 17.0. The van der Waals surface area contributed by atoms with Crippen molar-refractivity contribution in [3.63, 3.8) is 0 Å². The van der Waals surface area contributed by atoms with Crippen LogP contribution in [0.5, 0.6) is 0 Å². The SMILES string of the molecule is O=c1[nH]c(CSc2nc3ccccc3c(=O)n2-c2ccc(F)cc2F)nc2c1oc1ccccc12. The maximum atomic E-state index is 14.7. The molecule has 6 aromatic rings. The second-order valence-corrected chi connectivity index (χ2v) is 8.67. The molecule has 1 N–H and O–H groups in total. The van der Waals surface area contributed by atoms with Crippen molar-refractivity contribution in [1.29, 1.82) is 0 Å². The van der Waals surface area contributed by atoms with Crippen molar-refractivity contribution in [3.8, 4) is 5.69 Å². The Bertz CT molecular complexity index is 1890. The van der Waals surface area contributed by atoms with Crippen molar-refractivity contribution in [2.75, 3.05) is 0 Å². The van der Waals surface area contributed by atoms with Gasteiger partial charge in [-0.2, -0.15) is 0 Å². The number of furan rings is 1. The molecule has 0 atom stereocenters. The lowest BCUT2D eigenvalue weighted by Crippen LogP contribution is -2.23. The molecule has 10 heteroatoms. The number of aromatic nitrogens is 4. The van der Waals surface area contributed by atoms with E-state index in [1.54, 1.807) is 36.4 Å². The van der Waals surface area contributed by atoms with Gasteiger partial charge in [0.1, 0.15) is 28.6 Å². The molecule has 0 saturated heterocycles. The minimum atomic E-state index is -0.899. The number of para-hydroxylation sites is 2. The number of H-pyrrole nitrogens is 1. The number of nitrogens with zero attached hydrogens (tertiary/aromatic N) is 3. The van der Waals surface area contributed by atoms with Gasteiger partial charge in [0.2, 0.25) is 5.58 Å². The molecular formula is C25H14F2N4O3S. The zero-order chi connectivity index (χ0) is 24.1. The van der Waals surface area contributed by atoms with Gasteiger partial charge in [-0.05, 0) is 36.4 Å². The monoisotopic (exact) mass is 488 g/mol. The van der Waals surface area contributed by atoms with Crippen LogP contribution in [0.2, 0.25) is 0 Å². The second kappa shape index (κ2) is 8.17. The average molecular weight is 488 g/mol. The summed E-state index contributed by atoms with van der Waals surface area (Å²) in [4.78, 5) is 37.7. The smallest absolute Gasteiger partial charge is 0.294 e. The topological polar surface area (TPSA) is 93.8 Å². The quantitative estimate of drug-likeness (QED) is 0.279. The number of halogens is 2. The minimum Gasteiger partial charge on any atom is -0.449 e. The van der Waals surface area contributed by atoms with Gasteiger partial charge in [0.25, 0.3) is 11.1 Å². The maximum absolute atomic E-state index is 14.7. The summed E-state index contributed by atoms with van der Waals surface area (Å²) in [7, 11) is 0. The molecule has 0 radical (unpaired) electrons. The van der Waals surface area contributed by atoms with Crippen LogP contribution in [0.15, 0.2) is 85.9 Å². The summed E-state index contributed by atoms with van der Waals surface area (Å²) in [6, 6.07) is 16.8. The Morgan fingerprint density at radius 2 is 1.71 bits per heavy atom. The van der Waals surface area contributed by atoms with Crippen LogP contribution in [0.1, 0.15) is 5.82 Å². The molecule has 0 aliphatic carbocycles. The van der Waals surface area contributed by atoms with Gasteiger partial charge in [0.15, 0.2) is 5.16 Å². The zero-order valence-electron chi connectivity index (χ0n) is 17.8. The van der Waals surface area contributed by atoms with E-state index in [9.17, 15) is 18.4 Å². The van der Waals surface area contributed by atoms with Gasteiger partial charge >= 0.3 is 0 Å². The highest BCUT2D eigenvalue weighted by Crippen LogP contribution is 2.27. The summed E-state index contributed by atoms with van der Waals surface area (Å²) in [6.45, 7) is 0. The summed E-state index contributed by atoms with van der Waals surface area (Å²) >= 11 is 1.09. The molecule has 0 fully saturated rings. The van der Waals surface area contributed by atoms with E-state index in [0.717, 1.165) is 22.4 Å². The van der Waals surface area contributed by atoms with Gasteiger partial charge in [0, 0.05) is 11.5 Å². The van der Waals surface area contributed by atoms with Gasteiger partial charge in [0.05, 0.1) is 22.3 Å². The third kappa shape index (κ3) is 3.58. The molecule has 172 valence electrons. The molecule has 0 saturated carbocycles. The first-order valence-electron chi connectivity index (χ1n) is 10.5. The van der Waals surface area contributed by atoms with E-state index in [4.69, 9.17) is 4.42 Å². The van der Waals surface area contributed by atoms with Crippen LogP contribution >= 0.6 is 11.8 Å². The number of aromatic amines is 1. The molecule has 35 heavy (non-hydrogen) atoms. The van der Waals surface area contributed by atoms with Gasteiger partial charge in [-0.15, -0.1) is 0 Å². The summed E-state index contributed by atoms with van der Waals surface area (Å²) in [5.74, 6) is -1.21. The Hall–Kier alpha value is -4.31. The van der Waals surface area contributed by atoms with Crippen LogP contribution in [-0.2, 0) is 5.75 Å². The van der Waals surface area contributed by atoms with Gasteiger partial charge in [-0.1, -0.05) is 36.0 Å². The lowest BCUT2D eigenvalue weighted by Gasteiger charge is -2.13. The van der Waals surface area contributed by atoms with Crippen LogP contribution in [-0.4, -0.2) is 19.5 Å². The van der Waals surface area contributed by atoms with Gasteiger partial charge in [-0.25, -0.2) is 18.7 Å². The largest absolute Gasteiger partial charge is 0.449 e. The van der Waals surface area contributed by atoms with Crippen LogP contribution in [0.25, 0.3) is 38.7 Å². The minimum absolute atomic E-state index is 0.120. The number of nitrogens with one attached hydrogen (secondary N) is 1. The number of fused-ring (bicyclic) bond motifs is 4. The van der Waals surface area contributed by atoms with Crippen LogP contribution < -0.4 is 11.1 Å². The van der Waals surface area contributed by atoms with Crippen LogP contribution in [0, 0.1) is 11.6 Å². The third-order valence-electron chi connectivity index (χ3n) is 5.51. The summed E-state index contributed by atoms with van der Waals surface area (Å²) in [5, 5.41) is 1.16. The fourth-order valence-corrected chi connectivity index (χ4v) is 4.81. The lowest BCUT2D eigenvalue weighted by molar-refractivity contribution is 0.572. The van der Waals surface area contributed by atoms with E-state index in [1.165, 1.54) is 6.07 Å². The predicted molar refractivity (Wildman–Crippen MR) is 129 cm³/mol. The molecule has 0 amide bonds. The zero-order valence-corrected chi connectivity index (χ0v) is 18.6.